The fraction of sp³-hybridized carbons (Fsp3) is 0.444. The number of carbonyl (C=O) groups excluding carboxylic acids is 4. The zero-order valence-electron chi connectivity index (χ0n) is 14.6. The molecular weight excluding hydrogens is 322 g/mol. The molecule has 134 valence electrons. The van der Waals surface area contributed by atoms with E-state index in [0.29, 0.717) is 24.3 Å². The molecule has 0 spiro atoms. The Labute approximate surface area is 147 Å². The molecule has 25 heavy (non-hydrogen) atoms. The smallest absolute Gasteiger partial charge is 0.253 e. The number of anilines is 1. The van der Waals surface area contributed by atoms with Gasteiger partial charge in [-0.1, -0.05) is 0 Å². The molecule has 0 radical (unpaired) electrons. The fourth-order valence-corrected chi connectivity index (χ4v) is 2.70. The summed E-state index contributed by atoms with van der Waals surface area (Å²) >= 11 is 0. The quantitative estimate of drug-likeness (QED) is 0.761. The summed E-state index contributed by atoms with van der Waals surface area (Å²) in [4.78, 5) is 50.0. The van der Waals surface area contributed by atoms with E-state index in [-0.39, 0.29) is 49.4 Å². The Bertz CT molecular complexity index is 649. The number of benzene rings is 1. The predicted molar refractivity (Wildman–Crippen MR) is 92.9 cm³/mol. The summed E-state index contributed by atoms with van der Waals surface area (Å²) in [6, 6.07) is 6.68. The third kappa shape index (κ3) is 4.65. The second-order valence-corrected chi connectivity index (χ2v) is 5.79. The first kappa shape index (κ1) is 18.6. The van der Waals surface area contributed by atoms with Crippen LogP contribution in [-0.4, -0.2) is 53.1 Å². The number of rotatable bonds is 7. The van der Waals surface area contributed by atoms with Crippen molar-refractivity contribution in [3.05, 3.63) is 29.8 Å². The molecule has 1 fully saturated rings. The second kappa shape index (κ2) is 8.41. The fourth-order valence-electron chi connectivity index (χ4n) is 2.70. The van der Waals surface area contributed by atoms with Crippen LogP contribution in [0.15, 0.2) is 24.3 Å². The molecule has 0 unspecified atom stereocenters. The van der Waals surface area contributed by atoms with Crippen molar-refractivity contribution >= 4 is 29.3 Å². The number of carbonyl (C=O) groups is 4. The molecule has 0 aliphatic carbocycles. The molecule has 0 atom stereocenters. The van der Waals surface area contributed by atoms with Crippen molar-refractivity contribution in [1.82, 2.24) is 9.80 Å². The Hall–Kier alpha value is -2.70. The lowest BCUT2D eigenvalue weighted by atomic mass is 10.1. The molecule has 1 aliphatic rings. The van der Waals surface area contributed by atoms with E-state index in [1.807, 2.05) is 13.8 Å². The van der Waals surface area contributed by atoms with Crippen LogP contribution >= 0.6 is 0 Å². The summed E-state index contributed by atoms with van der Waals surface area (Å²) in [5, 5.41) is 2.71. The van der Waals surface area contributed by atoms with Gasteiger partial charge in [0.05, 0.1) is 0 Å². The van der Waals surface area contributed by atoms with Gasteiger partial charge in [-0.3, -0.25) is 24.1 Å². The highest BCUT2D eigenvalue weighted by Crippen LogP contribution is 2.14. The standard InChI is InChI=1S/C18H23N3O4/c1-3-20(4-2)18(25)13-5-7-14(8-6-13)19-15(22)11-12-21-16(23)9-10-17(21)24/h5-8H,3-4,9-12H2,1-2H3,(H,19,22). The normalized spacial score (nSPS) is 13.9. The van der Waals surface area contributed by atoms with Gasteiger partial charge in [-0.05, 0) is 38.1 Å². The SMILES string of the molecule is CCN(CC)C(=O)c1ccc(NC(=O)CCN2C(=O)CCC2=O)cc1. The van der Waals surface area contributed by atoms with E-state index in [2.05, 4.69) is 5.32 Å². The maximum absolute atomic E-state index is 12.2. The van der Waals surface area contributed by atoms with E-state index in [1.54, 1.807) is 29.2 Å². The van der Waals surface area contributed by atoms with Crippen LogP contribution in [0, 0.1) is 0 Å². The lowest BCUT2D eigenvalue weighted by Crippen LogP contribution is -2.32. The van der Waals surface area contributed by atoms with Gasteiger partial charge in [-0.25, -0.2) is 0 Å². The summed E-state index contributed by atoms with van der Waals surface area (Å²) in [6.45, 7) is 5.23. The molecule has 1 saturated heterocycles. The second-order valence-electron chi connectivity index (χ2n) is 5.79. The molecule has 2 rings (SSSR count). The molecule has 4 amide bonds. The van der Waals surface area contributed by atoms with E-state index >= 15 is 0 Å². The summed E-state index contributed by atoms with van der Waals surface area (Å²) in [6.07, 6.45) is 0.503. The van der Waals surface area contributed by atoms with Gasteiger partial charge in [0.2, 0.25) is 17.7 Å². The van der Waals surface area contributed by atoms with Gasteiger partial charge in [0.25, 0.3) is 5.91 Å². The molecular formula is C18H23N3O4. The highest BCUT2D eigenvalue weighted by Gasteiger charge is 2.28. The first-order valence-corrected chi connectivity index (χ1v) is 8.48. The minimum atomic E-state index is -0.282. The van der Waals surface area contributed by atoms with E-state index in [4.69, 9.17) is 0 Å². The number of hydrogen-bond acceptors (Lipinski definition) is 4. The Morgan fingerprint density at radius 3 is 2.12 bits per heavy atom. The maximum atomic E-state index is 12.2. The molecule has 7 heteroatoms. The van der Waals surface area contributed by atoms with Gasteiger partial charge in [0.15, 0.2) is 0 Å². The molecule has 1 N–H and O–H groups in total. The van der Waals surface area contributed by atoms with E-state index < -0.39 is 0 Å². The molecule has 1 aromatic carbocycles. The van der Waals surface area contributed by atoms with Crippen molar-refractivity contribution in [2.75, 3.05) is 25.0 Å². The Balaban J connectivity index is 1.88. The van der Waals surface area contributed by atoms with Gasteiger partial charge in [-0.15, -0.1) is 0 Å². The van der Waals surface area contributed by atoms with Crippen LogP contribution in [0.2, 0.25) is 0 Å². The third-order valence-corrected chi connectivity index (χ3v) is 4.18. The monoisotopic (exact) mass is 345 g/mol. The zero-order valence-corrected chi connectivity index (χ0v) is 14.6. The molecule has 7 nitrogen and oxygen atoms in total. The number of amides is 4. The van der Waals surface area contributed by atoms with E-state index in [1.165, 1.54) is 0 Å². The molecule has 0 aromatic heterocycles. The van der Waals surface area contributed by atoms with Crippen LogP contribution < -0.4 is 5.32 Å². The van der Waals surface area contributed by atoms with Gasteiger partial charge < -0.3 is 10.2 Å². The summed E-state index contributed by atoms with van der Waals surface area (Å²) in [5.41, 5.74) is 1.13. The van der Waals surface area contributed by atoms with Crippen LogP contribution in [0.5, 0.6) is 0 Å². The van der Waals surface area contributed by atoms with Crippen LogP contribution in [0.3, 0.4) is 0 Å². The number of likely N-dealkylation sites (tertiary alicyclic amines) is 1. The summed E-state index contributed by atoms with van der Waals surface area (Å²) < 4.78 is 0. The number of hydrogen-bond donors (Lipinski definition) is 1. The molecule has 1 aromatic rings. The van der Waals surface area contributed by atoms with Crippen LogP contribution in [0.25, 0.3) is 0 Å². The minimum Gasteiger partial charge on any atom is -0.339 e. The maximum Gasteiger partial charge on any atom is 0.253 e. The van der Waals surface area contributed by atoms with Gasteiger partial charge >= 0.3 is 0 Å². The number of imide groups is 1. The number of nitrogens with one attached hydrogen (secondary N) is 1. The van der Waals surface area contributed by atoms with Crippen molar-refractivity contribution < 1.29 is 19.2 Å². The molecule has 1 heterocycles. The van der Waals surface area contributed by atoms with E-state index in [9.17, 15) is 19.2 Å². The zero-order chi connectivity index (χ0) is 18.4. The Morgan fingerprint density at radius 1 is 1.04 bits per heavy atom. The molecule has 0 saturated carbocycles. The third-order valence-electron chi connectivity index (χ3n) is 4.18. The van der Waals surface area contributed by atoms with Crippen LogP contribution in [0.4, 0.5) is 5.69 Å². The van der Waals surface area contributed by atoms with Gasteiger partial charge in [0, 0.05) is 50.1 Å². The largest absolute Gasteiger partial charge is 0.339 e. The predicted octanol–water partition coefficient (Wildman–Crippen LogP) is 1.65. The van der Waals surface area contributed by atoms with E-state index in [0.717, 1.165) is 4.90 Å². The highest BCUT2D eigenvalue weighted by molar-refractivity contribution is 6.02. The van der Waals surface area contributed by atoms with Gasteiger partial charge in [0.1, 0.15) is 0 Å². The van der Waals surface area contributed by atoms with Crippen molar-refractivity contribution in [3.8, 4) is 0 Å². The van der Waals surface area contributed by atoms with Crippen LogP contribution in [-0.2, 0) is 14.4 Å². The van der Waals surface area contributed by atoms with Gasteiger partial charge in [-0.2, -0.15) is 0 Å². The van der Waals surface area contributed by atoms with Crippen molar-refractivity contribution in [1.29, 1.82) is 0 Å². The number of nitrogens with zero attached hydrogens (tertiary/aromatic N) is 2. The first-order chi connectivity index (χ1) is 12.0. The highest BCUT2D eigenvalue weighted by atomic mass is 16.2. The molecule has 0 bridgehead atoms. The average molecular weight is 345 g/mol. The van der Waals surface area contributed by atoms with Crippen molar-refractivity contribution in [2.45, 2.75) is 33.1 Å². The lowest BCUT2D eigenvalue weighted by Gasteiger charge is -2.18. The summed E-state index contributed by atoms with van der Waals surface area (Å²) in [7, 11) is 0. The molecule has 1 aliphatic heterocycles. The topological polar surface area (TPSA) is 86.8 Å². The average Bonchev–Trinajstić information content (AvgIpc) is 2.93. The van der Waals surface area contributed by atoms with Crippen molar-refractivity contribution in [2.24, 2.45) is 0 Å². The first-order valence-electron chi connectivity index (χ1n) is 8.48. The van der Waals surface area contributed by atoms with Crippen molar-refractivity contribution in [3.63, 3.8) is 0 Å². The summed E-state index contributed by atoms with van der Waals surface area (Å²) in [5.74, 6) is -0.779. The lowest BCUT2D eigenvalue weighted by molar-refractivity contribution is -0.138. The minimum absolute atomic E-state index is 0.0473. The Kier molecular flexibility index (Phi) is 6.27. The van der Waals surface area contributed by atoms with Crippen LogP contribution in [0.1, 0.15) is 43.5 Å². The Morgan fingerprint density at radius 2 is 1.60 bits per heavy atom.